The van der Waals surface area contributed by atoms with E-state index in [0.717, 1.165) is 0 Å². The van der Waals surface area contributed by atoms with Crippen LogP contribution < -0.4 is 0 Å². The Hall–Kier alpha value is 0.180. The number of rotatable bonds is 11. The third-order valence-electron chi connectivity index (χ3n) is 2.23. The molecule has 16 heavy (non-hydrogen) atoms. The van der Waals surface area contributed by atoms with Gasteiger partial charge in [-0.2, -0.15) is 23.5 Å². The Balaban J connectivity index is 2.93. The van der Waals surface area contributed by atoms with Gasteiger partial charge in [0.05, 0.1) is 0 Å². The summed E-state index contributed by atoms with van der Waals surface area (Å²) < 4.78 is 0. The summed E-state index contributed by atoms with van der Waals surface area (Å²) in [5.74, 6) is 5.04. The molecule has 94 valence electrons. The molecule has 0 fully saturated rings. The van der Waals surface area contributed by atoms with Crippen molar-refractivity contribution in [2.75, 3.05) is 23.0 Å². The van der Waals surface area contributed by atoms with Crippen molar-refractivity contribution >= 4 is 23.5 Å². The van der Waals surface area contributed by atoms with Gasteiger partial charge in [-0.3, -0.25) is 0 Å². The van der Waals surface area contributed by atoms with E-state index in [0.29, 0.717) is 0 Å². The van der Waals surface area contributed by atoms with E-state index in [-0.39, 0.29) is 0 Å². The summed E-state index contributed by atoms with van der Waals surface area (Å²) in [4.78, 5) is 0. The lowest BCUT2D eigenvalue weighted by molar-refractivity contribution is 0.711. The summed E-state index contributed by atoms with van der Waals surface area (Å²) in [6, 6.07) is 0. The summed E-state index contributed by atoms with van der Waals surface area (Å²) in [6.45, 7) is 4.18. The van der Waals surface area contributed by atoms with Crippen molar-refractivity contribution in [2.45, 2.75) is 39.5 Å². The van der Waals surface area contributed by atoms with Gasteiger partial charge in [-0.15, -0.1) is 0 Å². The quantitative estimate of drug-likeness (QED) is 0.370. The second-order valence-corrected chi connectivity index (χ2v) is 6.00. The lowest BCUT2D eigenvalue weighted by Crippen LogP contribution is -1.85. The zero-order valence-corrected chi connectivity index (χ0v) is 12.4. The predicted molar refractivity (Wildman–Crippen MR) is 82.7 cm³/mol. The van der Waals surface area contributed by atoms with Crippen LogP contribution in [-0.4, -0.2) is 23.0 Å². The zero-order chi connectivity index (χ0) is 11.9. The van der Waals surface area contributed by atoms with Crippen molar-refractivity contribution < 1.29 is 0 Å². The van der Waals surface area contributed by atoms with Gasteiger partial charge in [0, 0.05) is 11.5 Å². The van der Waals surface area contributed by atoms with E-state index in [9.17, 15) is 0 Å². The Morgan fingerprint density at radius 3 is 1.50 bits per heavy atom. The Kier molecular flexibility index (Phi) is 15.4. The molecule has 0 saturated heterocycles. The molecule has 2 heteroatoms. The van der Waals surface area contributed by atoms with Crippen molar-refractivity contribution in [3.63, 3.8) is 0 Å². The van der Waals surface area contributed by atoms with Crippen LogP contribution in [0, 0.1) is 0 Å². The van der Waals surface area contributed by atoms with Crippen LogP contribution >= 0.6 is 23.5 Å². The average Bonchev–Trinajstić information content (AvgIpc) is 2.31. The van der Waals surface area contributed by atoms with E-state index in [1.807, 2.05) is 0 Å². The van der Waals surface area contributed by atoms with Crippen LogP contribution in [0.4, 0.5) is 0 Å². The Labute approximate surface area is 110 Å². The smallest absolute Gasteiger partial charge is 0.0113 e. The van der Waals surface area contributed by atoms with Gasteiger partial charge in [-0.25, -0.2) is 0 Å². The van der Waals surface area contributed by atoms with Crippen molar-refractivity contribution in [3.05, 3.63) is 24.3 Å². The number of hydrogen-bond acceptors (Lipinski definition) is 2. The highest BCUT2D eigenvalue weighted by Crippen LogP contribution is 2.10. The standard InChI is InChI=1S/C14H26S2/c1-3-5-11-15-13-9-7-8-10-14-16-12-6-4-2/h3-6H,7-14H2,1-2H3/b5-3+,6-4+. The van der Waals surface area contributed by atoms with Crippen LogP contribution in [-0.2, 0) is 0 Å². The molecule has 0 aliphatic heterocycles. The minimum atomic E-state index is 1.19. The maximum Gasteiger partial charge on any atom is 0.0113 e. The molecule has 0 N–H and O–H groups in total. The van der Waals surface area contributed by atoms with E-state index in [2.05, 4.69) is 61.7 Å². The van der Waals surface area contributed by atoms with Gasteiger partial charge < -0.3 is 0 Å². The van der Waals surface area contributed by atoms with Gasteiger partial charge in [0.1, 0.15) is 0 Å². The molecule has 0 aliphatic rings. The second-order valence-electron chi connectivity index (χ2n) is 3.70. The first-order chi connectivity index (χ1) is 7.91. The Morgan fingerprint density at radius 2 is 1.12 bits per heavy atom. The minimum Gasteiger partial charge on any atom is -0.158 e. The van der Waals surface area contributed by atoms with Crippen molar-refractivity contribution in [3.8, 4) is 0 Å². The Morgan fingerprint density at radius 1 is 0.688 bits per heavy atom. The molecule has 0 amide bonds. The third kappa shape index (κ3) is 14.2. The molecule has 0 heterocycles. The van der Waals surface area contributed by atoms with Crippen LogP contribution in [0.15, 0.2) is 24.3 Å². The van der Waals surface area contributed by atoms with E-state index in [4.69, 9.17) is 0 Å². The van der Waals surface area contributed by atoms with Gasteiger partial charge in [-0.1, -0.05) is 37.1 Å². The number of unbranched alkanes of at least 4 members (excludes halogenated alkanes) is 3. The minimum absolute atomic E-state index is 1.19. The fourth-order valence-electron chi connectivity index (χ4n) is 1.26. The maximum absolute atomic E-state index is 2.24. The number of hydrogen-bond donors (Lipinski definition) is 0. The van der Waals surface area contributed by atoms with Gasteiger partial charge in [0.15, 0.2) is 0 Å². The molecule has 0 aromatic rings. The summed E-state index contributed by atoms with van der Waals surface area (Å²) in [7, 11) is 0. The molecular weight excluding hydrogens is 232 g/mol. The van der Waals surface area contributed by atoms with Gasteiger partial charge >= 0.3 is 0 Å². The molecule has 0 aliphatic carbocycles. The monoisotopic (exact) mass is 258 g/mol. The first kappa shape index (κ1) is 16.2. The number of thioether (sulfide) groups is 2. The highest BCUT2D eigenvalue weighted by molar-refractivity contribution is 7.99. The van der Waals surface area contributed by atoms with Gasteiger partial charge in [0.2, 0.25) is 0 Å². The van der Waals surface area contributed by atoms with Crippen LogP contribution in [0.25, 0.3) is 0 Å². The Bertz CT molecular complexity index is 154. The van der Waals surface area contributed by atoms with E-state index in [1.54, 1.807) is 0 Å². The van der Waals surface area contributed by atoms with Gasteiger partial charge in [-0.05, 0) is 38.2 Å². The maximum atomic E-state index is 2.24. The average molecular weight is 258 g/mol. The topological polar surface area (TPSA) is 0 Å². The van der Waals surface area contributed by atoms with E-state index in [1.165, 1.54) is 48.7 Å². The van der Waals surface area contributed by atoms with Crippen LogP contribution in [0.5, 0.6) is 0 Å². The lowest BCUT2D eigenvalue weighted by atomic mass is 10.2. The molecule has 0 aromatic carbocycles. The molecular formula is C14H26S2. The number of allylic oxidation sites excluding steroid dienone is 2. The third-order valence-corrected chi connectivity index (χ3v) is 4.24. The first-order valence-corrected chi connectivity index (χ1v) is 8.60. The summed E-state index contributed by atoms with van der Waals surface area (Å²) in [5.41, 5.74) is 0. The van der Waals surface area contributed by atoms with Crippen LogP contribution in [0.2, 0.25) is 0 Å². The van der Waals surface area contributed by atoms with Crippen LogP contribution in [0.3, 0.4) is 0 Å². The predicted octanol–water partition coefficient (Wildman–Crippen LogP) is 5.17. The summed E-state index contributed by atoms with van der Waals surface area (Å²) in [5, 5.41) is 0. The van der Waals surface area contributed by atoms with Crippen molar-refractivity contribution in [2.24, 2.45) is 0 Å². The zero-order valence-electron chi connectivity index (χ0n) is 10.8. The molecule has 0 nitrogen and oxygen atoms in total. The highest BCUT2D eigenvalue weighted by Gasteiger charge is 1.91. The SMILES string of the molecule is C/C=C/CSCCCCCCSC/C=C/C. The lowest BCUT2D eigenvalue weighted by Gasteiger charge is -2.00. The molecule has 0 saturated carbocycles. The molecule has 0 unspecified atom stereocenters. The van der Waals surface area contributed by atoms with E-state index < -0.39 is 0 Å². The molecule has 0 rings (SSSR count). The largest absolute Gasteiger partial charge is 0.158 e. The van der Waals surface area contributed by atoms with E-state index >= 15 is 0 Å². The molecule has 0 aromatic heterocycles. The fourth-order valence-corrected chi connectivity index (χ4v) is 3.06. The summed E-state index contributed by atoms with van der Waals surface area (Å²) in [6.07, 6.45) is 14.3. The van der Waals surface area contributed by atoms with Crippen LogP contribution in [0.1, 0.15) is 39.5 Å². The normalized spacial score (nSPS) is 11.9. The summed E-state index contributed by atoms with van der Waals surface area (Å²) >= 11 is 4.10. The molecule has 0 radical (unpaired) electrons. The molecule has 0 spiro atoms. The van der Waals surface area contributed by atoms with Crippen molar-refractivity contribution in [1.82, 2.24) is 0 Å². The first-order valence-electron chi connectivity index (χ1n) is 6.29. The van der Waals surface area contributed by atoms with Crippen molar-refractivity contribution in [1.29, 1.82) is 0 Å². The molecule has 0 atom stereocenters. The fraction of sp³-hybridized carbons (Fsp3) is 0.714. The second kappa shape index (κ2) is 15.2. The van der Waals surface area contributed by atoms with Gasteiger partial charge in [0.25, 0.3) is 0 Å². The molecule has 0 bridgehead atoms. The highest BCUT2D eigenvalue weighted by atomic mass is 32.2.